The monoisotopic (exact) mass is 387 g/mol. The van der Waals surface area contributed by atoms with Crippen molar-refractivity contribution in [1.82, 2.24) is 10.4 Å². The highest BCUT2D eigenvalue weighted by Crippen LogP contribution is 2.21. The molecule has 0 fully saturated rings. The van der Waals surface area contributed by atoms with Gasteiger partial charge in [0.25, 0.3) is 0 Å². The Morgan fingerprint density at radius 3 is 2.83 bits per heavy atom. The summed E-state index contributed by atoms with van der Waals surface area (Å²) in [5.41, 5.74) is 5.75. The highest BCUT2D eigenvalue weighted by atomic mass is 16.5. The van der Waals surface area contributed by atoms with Gasteiger partial charge in [0.05, 0.1) is 6.21 Å². The summed E-state index contributed by atoms with van der Waals surface area (Å²) in [7, 11) is 0. The molecule has 0 bridgehead atoms. The van der Waals surface area contributed by atoms with Gasteiger partial charge in [0.15, 0.2) is 5.76 Å². The van der Waals surface area contributed by atoms with E-state index in [1.165, 1.54) is 5.56 Å². The number of benzene rings is 2. The second-order valence-corrected chi connectivity index (χ2v) is 6.50. The molecule has 0 saturated carbocycles. The largest absolute Gasteiger partial charge is 0.486 e. The molecule has 0 atom stereocenters. The first-order valence-corrected chi connectivity index (χ1v) is 9.43. The van der Waals surface area contributed by atoms with Crippen LogP contribution in [0.4, 0.5) is 0 Å². The van der Waals surface area contributed by atoms with Gasteiger partial charge in [0.1, 0.15) is 18.1 Å². The van der Waals surface area contributed by atoms with Gasteiger partial charge in [-0.2, -0.15) is 5.10 Å². The zero-order chi connectivity index (χ0) is 20.1. The van der Waals surface area contributed by atoms with Gasteiger partial charge in [-0.15, -0.1) is 0 Å². The van der Waals surface area contributed by atoms with Crippen molar-refractivity contribution in [3.63, 3.8) is 0 Å². The van der Waals surface area contributed by atoms with Crippen molar-refractivity contribution in [2.45, 2.75) is 20.0 Å². The number of hydrogen-bond acceptors (Lipinski definition) is 4. The number of rotatable bonds is 7. The third-order valence-corrected chi connectivity index (χ3v) is 4.59. The maximum absolute atomic E-state index is 12.3. The van der Waals surface area contributed by atoms with E-state index in [9.17, 15) is 4.79 Å². The van der Waals surface area contributed by atoms with Crippen molar-refractivity contribution >= 4 is 23.0 Å². The minimum absolute atomic E-state index is 0.181. The van der Waals surface area contributed by atoms with Crippen LogP contribution in [0.1, 0.15) is 34.4 Å². The third kappa shape index (κ3) is 4.21. The first kappa shape index (κ1) is 18.6. The summed E-state index contributed by atoms with van der Waals surface area (Å²) in [6.45, 7) is 2.36. The van der Waals surface area contributed by atoms with Crippen LogP contribution in [0, 0.1) is 0 Å². The van der Waals surface area contributed by atoms with Gasteiger partial charge in [-0.05, 0) is 36.2 Å². The van der Waals surface area contributed by atoms with Crippen LogP contribution >= 0.6 is 0 Å². The molecule has 0 aliphatic carbocycles. The number of H-pyrrole nitrogens is 1. The number of fused-ring (bicyclic) bond motifs is 1. The van der Waals surface area contributed by atoms with Crippen LogP contribution in [0.2, 0.25) is 0 Å². The van der Waals surface area contributed by atoms with Gasteiger partial charge in [-0.3, -0.25) is 4.79 Å². The average Bonchev–Trinajstić information content (AvgIpc) is 3.40. The molecule has 0 aliphatic heterocycles. The molecule has 0 aliphatic rings. The molecule has 0 saturated heterocycles. The highest BCUT2D eigenvalue weighted by Gasteiger charge is 2.11. The van der Waals surface area contributed by atoms with Gasteiger partial charge in [-0.1, -0.05) is 43.3 Å². The van der Waals surface area contributed by atoms with Crippen LogP contribution in [0.15, 0.2) is 76.4 Å². The summed E-state index contributed by atoms with van der Waals surface area (Å²) in [6.07, 6.45) is 4.45. The molecule has 4 rings (SSSR count). The number of aromatic nitrogens is 1. The number of aryl methyl sites for hydroxylation is 1. The average molecular weight is 387 g/mol. The summed E-state index contributed by atoms with van der Waals surface area (Å²) in [5.74, 6) is 1.07. The predicted molar refractivity (Wildman–Crippen MR) is 112 cm³/mol. The molecule has 2 aromatic heterocycles. The van der Waals surface area contributed by atoms with Crippen LogP contribution in [-0.4, -0.2) is 17.1 Å². The molecule has 2 heterocycles. The molecule has 0 unspecified atom stereocenters. The van der Waals surface area contributed by atoms with Crippen LogP contribution in [0.5, 0.6) is 5.75 Å². The van der Waals surface area contributed by atoms with E-state index >= 15 is 0 Å². The van der Waals surface area contributed by atoms with Crippen molar-refractivity contribution < 1.29 is 13.9 Å². The number of para-hydroxylation sites is 2. The van der Waals surface area contributed by atoms with Crippen molar-refractivity contribution in [2.75, 3.05) is 0 Å². The number of hydrazone groups is 1. The van der Waals surface area contributed by atoms with E-state index in [-0.39, 0.29) is 12.4 Å². The van der Waals surface area contributed by atoms with Crippen molar-refractivity contribution in [3.8, 4) is 5.75 Å². The van der Waals surface area contributed by atoms with Crippen molar-refractivity contribution in [3.05, 3.63) is 89.5 Å². The zero-order valence-electron chi connectivity index (χ0n) is 16.0. The zero-order valence-corrected chi connectivity index (χ0v) is 16.0. The minimum Gasteiger partial charge on any atom is -0.486 e. The Morgan fingerprint density at radius 2 is 2.00 bits per heavy atom. The van der Waals surface area contributed by atoms with Gasteiger partial charge in [0, 0.05) is 22.7 Å². The Bertz CT molecular complexity index is 1140. The Morgan fingerprint density at radius 1 is 1.14 bits per heavy atom. The number of carbonyl (C=O) groups is 1. The van der Waals surface area contributed by atoms with E-state index in [2.05, 4.69) is 28.5 Å². The van der Waals surface area contributed by atoms with E-state index in [0.29, 0.717) is 5.76 Å². The second-order valence-electron chi connectivity index (χ2n) is 6.50. The second kappa shape index (κ2) is 8.48. The molecule has 2 N–H and O–H groups in total. The maximum Gasteiger partial charge on any atom is 0.307 e. The fraction of sp³-hybridized carbons (Fsp3) is 0.130. The van der Waals surface area contributed by atoms with Crippen LogP contribution < -0.4 is 10.2 Å². The number of nitrogens with one attached hydrogen (secondary N) is 2. The van der Waals surface area contributed by atoms with Crippen LogP contribution in [0.3, 0.4) is 0 Å². The quantitative estimate of drug-likeness (QED) is 0.357. The van der Waals surface area contributed by atoms with E-state index < -0.39 is 5.91 Å². The topological polar surface area (TPSA) is 79.6 Å². The van der Waals surface area contributed by atoms with Crippen molar-refractivity contribution in [2.24, 2.45) is 5.10 Å². The summed E-state index contributed by atoms with van der Waals surface area (Å²) in [6, 6.07) is 18.9. The first-order chi connectivity index (χ1) is 14.2. The fourth-order valence-corrected chi connectivity index (χ4v) is 3.10. The molecule has 146 valence electrons. The molecular weight excluding hydrogens is 366 g/mol. The Labute approximate surface area is 168 Å². The molecule has 6 nitrogen and oxygen atoms in total. The van der Waals surface area contributed by atoms with E-state index in [4.69, 9.17) is 9.15 Å². The number of aromatic amines is 1. The fourth-order valence-electron chi connectivity index (χ4n) is 3.10. The van der Waals surface area contributed by atoms with Gasteiger partial charge < -0.3 is 14.1 Å². The number of ether oxygens (including phenoxy) is 1. The number of nitrogens with zero attached hydrogens (tertiary/aromatic N) is 1. The van der Waals surface area contributed by atoms with Crippen LogP contribution in [-0.2, 0) is 13.0 Å². The number of amides is 1. The minimum atomic E-state index is -0.415. The standard InChI is InChI=1S/C23H21N3O3/c1-2-16-7-6-10-20-17(13-24-22(16)20)14-25-26-23(27)21-12-11-19(29-21)15-28-18-8-4-3-5-9-18/h3-14,24H,2,15H2,1H3,(H,26,27)/b25-14+. The summed E-state index contributed by atoms with van der Waals surface area (Å²) in [4.78, 5) is 15.5. The summed E-state index contributed by atoms with van der Waals surface area (Å²) < 4.78 is 11.2. The van der Waals surface area contributed by atoms with E-state index in [0.717, 1.165) is 28.6 Å². The molecule has 0 spiro atoms. The van der Waals surface area contributed by atoms with Crippen molar-refractivity contribution in [1.29, 1.82) is 0 Å². The van der Waals surface area contributed by atoms with Crippen LogP contribution in [0.25, 0.3) is 10.9 Å². The van der Waals surface area contributed by atoms with Gasteiger partial charge in [-0.25, -0.2) is 5.43 Å². The predicted octanol–water partition coefficient (Wildman–Crippen LogP) is 4.67. The summed E-state index contributed by atoms with van der Waals surface area (Å²) >= 11 is 0. The van der Waals surface area contributed by atoms with Gasteiger partial charge in [0.2, 0.25) is 0 Å². The molecular formula is C23H21N3O3. The third-order valence-electron chi connectivity index (χ3n) is 4.59. The lowest BCUT2D eigenvalue weighted by Gasteiger charge is -2.03. The highest BCUT2D eigenvalue weighted by molar-refractivity contribution is 6.00. The van der Waals surface area contributed by atoms with E-state index in [1.54, 1.807) is 18.3 Å². The maximum atomic E-state index is 12.3. The molecule has 0 radical (unpaired) electrons. The Hall–Kier alpha value is -3.80. The summed E-state index contributed by atoms with van der Waals surface area (Å²) in [5, 5.41) is 5.13. The molecule has 4 aromatic rings. The van der Waals surface area contributed by atoms with Gasteiger partial charge >= 0.3 is 5.91 Å². The lowest BCUT2D eigenvalue weighted by Crippen LogP contribution is -2.16. The molecule has 1 amide bonds. The lowest BCUT2D eigenvalue weighted by molar-refractivity contribution is 0.0923. The number of furan rings is 1. The SMILES string of the molecule is CCc1cccc2c(/C=N/NC(=O)c3ccc(COc4ccccc4)o3)c[nH]c12. The Balaban J connectivity index is 1.37. The lowest BCUT2D eigenvalue weighted by atomic mass is 10.1. The normalized spacial score (nSPS) is 11.2. The number of carbonyl (C=O) groups excluding carboxylic acids is 1. The van der Waals surface area contributed by atoms with E-state index in [1.807, 2.05) is 48.7 Å². The first-order valence-electron chi connectivity index (χ1n) is 9.43. The molecule has 6 heteroatoms. The molecule has 2 aromatic carbocycles. The number of hydrogen-bond donors (Lipinski definition) is 2. The Kier molecular flexibility index (Phi) is 5.42. The molecule has 29 heavy (non-hydrogen) atoms. The smallest absolute Gasteiger partial charge is 0.307 e.